The molecule has 0 fully saturated rings. The maximum Gasteiger partial charge on any atom is 0.211 e. The van der Waals surface area contributed by atoms with Gasteiger partial charge in [0.2, 0.25) is 6.41 Å². The first-order valence-electron chi connectivity index (χ1n) is 6.27. The summed E-state index contributed by atoms with van der Waals surface area (Å²) >= 11 is 0. The number of ether oxygens (including phenoxy) is 1. The van der Waals surface area contributed by atoms with Gasteiger partial charge in [-0.25, -0.2) is 0 Å². The van der Waals surface area contributed by atoms with Crippen LogP contribution in [0.1, 0.15) is 25.3 Å². The lowest BCUT2D eigenvalue weighted by molar-refractivity contribution is -0.105. The Labute approximate surface area is 113 Å². The molecule has 3 heteroatoms. The maximum absolute atomic E-state index is 10.4. The van der Waals surface area contributed by atoms with E-state index in [0.29, 0.717) is 23.8 Å². The highest BCUT2D eigenvalue weighted by Gasteiger charge is 2.01. The lowest BCUT2D eigenvalue weighted by atomic mass is 10.0. The Morgan fingerprint density at radius 2 is 1.79 bits per heavy atom. The third-order valence-electron chi connectivity index (χ3n) is 2.84. The van der Waals surface area contributed by atoms with Crippen LogP contribution in [0.25, 0.3) is 0 Å². The number of anilines is 1. The quantitative estimate of drug-likeness (QED) is 0.814. The highest BCUT2D eigenvalue weighted by atomic mass is 16.5. The summed E-state index contributed by atoms with van der Waals surface area (Å²) in [5.41, 5.74) is 2.00. The van der Waals surface area contributed by atoms with Crippen molar-refractivity contribution < 1.29 is 9.53 Å². The average Bonchev–Trinajstić information content (AvgIpc) is 2.40. The summed E-state index contributed by atoms with van der Waals surface area (Å²) in [6, 6.07) is 15.3. The van der Waals surface area contributed by atoms with E-state index in [4.69, 9.17) is 4.74 Å². The van der Waals surface area contributed by atoms with Crippen LogP contribution in [-0.4, -0.2) is 6.41 Å². The highest BCUT2D eigenvalue weighted by molar-refractivity contribution is 5.71. The number of carbonyl (C=O) groups excluding carboxylic acids is 1. The summed E-state index contributed by atoms with van der Waals surface area (Å²) in [5.74, 6) is 1.99. The van der Waals surface area contributed by atoms with Crippen molar-refractivity contribution in [1.29, 1.82) is 0 Å². The monoisotopic (exact) mass is 255 g/mol. The molecule has 1 amide bonds. The Balaban J connectivity index is 2.12. The van der Waals surface area contributed by atoms with Crippen LogP contribution in [0.3, 0.4) is 0 Å². The molecule has 0 aliphatic carbocycles. The minimum Gasteiger partial charge on any atom is -0.457 e. The fourth-order valence-corrected chi connectivity index (χ4v) is 1.77. The molecular formula is C16H17NO2. The molecule has 0 aliphatic rings. The number of rotatable bonds is 5. The van der Waals surface area contributed by atoms with Gasteiger partial charge in [-0.1, -0.05) is 32.0 Å². The second-order valence-electron chi connectivity index (χ2n) is 4.62. The Bertz CT molecular complexity index is 547. The molecule has 0 spiro atoms. The zero-order chi connectivity index (χ0) is 13.7. The van der Waals surface area contributed by atoms with Crippen molar-refractivity contribution in [1.82, 2.24) is 0 Å². The normalized spacial score (nSPS) is 10.3. The minimum absolute atomic E-state index is 0.508. The number of benzene rings is 2. The van der Waals surface area contributed by atoms with Crippen LogP contribution in [0, 0.1) is 0 Å². The van der Waals surface area contributed by atoms with Gasteiger partial charge >= 0.3 is 0 Å². The van der Waals surface area contributed by atoms with Crippen LogP contribution in [0.4, 0.5) is 5.69 Å². The predicted octanol–water partition coefficient (Wildman–Crippen LogP) is 4.17. The van der Waals surface area contributed by atoms with Crippen molar-refractivity contribution in [2.75, 3.05) is 5.32 Å². The first-order chi connectivity index (χ1) is 9.19. The topological polar surface area (TPSA) is 38.3 Å². The van der Waals surface area contributed by atoms with Crippen LogP contribution < -0.4 is 10.1 Å². The zero-order valence-corrected chi connectivity index (χ0v) is 11.1. The third-order valence-corrected chi connectivity index (χ3v) is 2.84. The van der Waals surface area contributed by atoms with E-state index in [1.165, 1.54) is 5.56 Å². The van der Waals surface area contributed by atoms with Crippen LogP contribution in [0.2, 0.25) is 0 Å². The molecular weight excluding hydrogens is 238 g/mol. The fourth-order valence-electron chi connectivity index (χ4n) is 1.77. The van der Waals surface area contributed by atoms with E-state index < -0.39 is 0 Å². The van der Waals surface area contributed by atoms with Gasteiger partial charge in [0.25, 0.3) is 0 Å². The highest BCUT2D eigenvalue weighted by Crippen LogP contribution is 2.25. The predicted molar refractivity (Wildman–Crippen MR) is 76.7 cm³/mol. The molecule has 0 saturated heterocycles. The summed E-state index contributed by atoms with van der Waals surface area (Å²) in [6.07, 6.45) is 0.649. The van der Waals surface area contributed by atoms with Crippen LogP contribution >= 0.6 is 0 Å². The Kier molecular flexibility index (Phi) is 4.18. The van der Waals surface area contributed by atoms with Crippen molar-refractivity contribution in [2.45, 2.75) is 19.8 Å². The second kappa shape index (κ2) is 6.05. The van der Waals surface area contributed by atoms with E-state index >= 15 is 0 Å². The van der Waals surface area contributed by atoms with E-state index in [0.717, 1.165) is 5.75 Å². The van der Waals surface area contributed by atoms with Gasteiger partial charge in [-0.05, 0) is 35.7 Å². The molecule has 98 valence electrons. The van der Waals surface area contributed by atoms with Crippen molar-refractivity contribution in [2.24, 2.45) is 0 Å². The molecule has 0 heterocycles. The van der Waals surface area contributed by atoms with Gasteiger partial charge in [-0.15, -0.1) is 0 Å². The Morgan fingerprint density at radius 1 is 1.05 bits per heavy atom. The number of hydrogen-bond donors (Lipinski definition) is 1. The minimum atomic E-state index is 0.508. The third kappa shape index (κ3) is 3.58. The van der Waals surface area contributed by atoms with E-state index in [2.05, 4.69) is 31.3 Å². The van der Waals surface area contributed by atoms with Crippen LogP contribution in [-0.2, 0) is 4.79 Å². The van der Waals surface area contributed by atoms with Crippen molar-refractivity contribution in [3.05, 3.63) is 54.1 Å². The summed E-state index contributed by atoms with van der Waals surface area (Å²) in [5, 5.41) is 2.60. The summed E-state index contributed by atoms with van der Waals surface area (Å²) in [4.78, 5) is 10.4. The molecule has 0 bridgehead atoms. The number of amides is 1. The first-order valence-corrected chi connectivity index (χ1v) is 6.27. The molecule has 0 radical (unpaired) electrons. The van der Waals surface area contributed by atoms with Crippen molar-refractivity contribution >= 4 is 12.1 Å². The maximum atomic E-state index is 10.4. The van der Waals surface area contributed by atoms with Crippen LogP contribution in [0.15, 0.2) is 48.5 Å². The Morgan fingerprint density at radius 3 is 2.42 bits per heavy atom. The number of nitrogens with one attached hydrogen (secondary N) is 1. The smallest absolute Gasteiger partial charge is 0.211 e. The first kappa shape index (κ1) is 13.1. The molecule has 19 heavy (non-hydrogen) atoms. The van der Waals surface area contributed by atoms with Gasteiger partial charge in [-0.2, -0.15) is 0 Å². The average molecular weight is 255 g/mol. The Hall–Kier alpha value is -2.29. The SMILES string of the molecule is CC(C)c1ccc(Oc2cccc(NC=O)c2)cc1. The molecule has 2 aromatic carbocycles. The van der Waals surface area contributed by atoms with Crippen molar-refractivity contribution in [3.8, 4) is 11.5 Å². The molecule has 2 aromatic rings. The molecule has 0 atom stereocenters. The number of hydrogen-bond acceptors (Lipinski definition) is 2. The fraction of sp³-hybridized carbons (Fsp3) is 0.188. The summed E-state index contributed by atoms with van der Waals surface area (Å²) in [6.45, 7) is 4.31. The number of carbonyl (C=O) groups is 1. The lowest BCUT2D eigenvalue weighted by Gasteiger charge is -2.09. The largest absolute Gasteiger partial charge is 0.457 e. The standard InChI is InChI=1S/C16H17NO2/c1-12(2)13-6-8-15(9-7-13)19-16-5-3-4-14(10-16)17-11-18/h3-12H,1-2H3,(H,17,18). The molecule has 0 saturated carbocycles. The molecule has 2 rings (SSSR count). The lowest BCUT2D eigenvalue weighted by Crippen LogP contribution is -1.94. The van der Waals surface area contributed by atoms with Gasteiger partial charge < -0.3 is 10.1 Å². The molecule has 0 aromatic heterocycles. The van der Waals surface area contributed by atoms with Gasteiger partial charge in [-0.3, -0.25) is 4.79 Å². The zero-order valence-electron chi connectivity index (χ0n) is 11.1. The van der Waals surface area contributed by atoms with E-state index in [-0.39, 0.29) is 0 Å². The molecule has 0 aliphatic heterocycles. The van der Waals surface area contributed by atoms with E-state index in [1.807, 2.05) is 30.3 Å². The van der Waals surface area contributed by atoms with Gasteiger partial charge in [0.15, 0.2) is 0 Å². The summed E-state index contributed by atoms with van der Waals surface area (Å²) < 4.78 is 5.74. The van der Waals surface area contributed by atoms with Gasteiger partial charge in [0, 0.05) is 11.8 Å². The van der Waals surface area contributed by atoms with Gasteiger partial charge in [0.05, 0.1) is 0 Å². The van der Waals surface area contributed by atoms with Crippen LogP contribution in [0.5, 0.6) is 11.5 Å². The summed E-state index contributed by atoms with van der Waals surface area (Å²) in [7, 11) is 0. The van der Waals surface area contributed by atoms with Gasteiger partial charge in [0.1, 0.15) is 11.5 Å². The van der Waals surface area contributed by atoms with E-state index in [1.54, 1.807) is 6.07 Å². The molecule has 3 nitrogen and oxygen atoms in total. The van der Waals surface area contributed by atoms with E-state index in [9.17, 15) is 4.79 Å². The second-order valence-corrected chi connectivity index (χ2v) is 4.62. The molecule has 1 N–H and O–H groups in total. The molecule has 0 unspecified atom stereocenters. The van der Waals surface area contributed by atoms with Crippen molar-refractivity contribution in [3.63, 3.8) is 0 Å².